The van der Waals surface area contributed by atoms with Crippen LogP contribution in [0.25, 0.3) is 16.6 Å². The molecule has 8 heteroatoms. The fourth-order valence-corrected chi connectivity index (χ4v) is 3.47. The van der Waals surface area contributed by atoms with E-state index in [4.69, 9.17) is 10.00 Å². The molecule has 0 radical (unpaired) electrons. The van der Waals surface area contributed by atoms with Gasteiger partial charge in [-0.1, -0.05) is 30.0 Å². The maximum atomic E-state index is 13.1. The van der Waals surface area contributed by atoms with Crippen molar-refractivity contribution in [3.8, 4) is 17.5 Å². The molecule has 2 aromatic carbocycles. The summed E-state index contributed by atoms with van der Waals surface area (Å²) in [5.41, 5.74) is 0.959. The Labute approximate surface area is 166 Å². The van der Waals surface area contributed by atoms with E-state index in [1.165, 1.54) is 16.3 Å². The Balaban J connectivity index is 2.01. The number of fused-ring (bicyclic) bond motifs is 1. The molecule has 3 rings (SSSR count). The molecule has 0 aliphatic heterocycles. The molecule has 0 bridgehead atoms. The van der Waals surface area contributed by atoms with Crippen LogP contribution in [0, 0.1) is 11.3 Å². The molecule has 1 N–H and O–H groups in total. The van der Waals surface area contributed by atoms with Crippen LogP contribution < -0.4 is 15.6 Å². The van der Waals surface area contributed by atoms with Crippen LogP contribution in [-0.4, -0.2) is 34.9 Å². The molecule has 3 aromatic rings. The van der Waals surface area contributed by atoms with Gasteiger partial charge in [-0.05, 0) is 24.3 Å². The molecule has 0 aliphatic rings. The summed E-state index contributed by atoms with van der Waals surface area (Å²) in [4.78, 5) is 29.7. The predicted molar refractivity (Wildman–Crippen MR) is 108 cm³/mol. The van der Waals surface area contributed by atoms with E-state index < -0.39 is 0 Å². The van der Waals surface area contributed by atoms with Crippen LogP contribution in [0.1, 0.15) is 6.42 Å². The van der Waals surface area contributed by atoms with Gasteiger partial charge in [0.05, 0.1) is 41.9 Å². The van der Waals surface area contributed by atoms with Gasteiger partial charge < -0.3 is 10.1 Å². The maximum Gasteiger partial charge on any atom is 0.266 e. The van der Waals surface area contributed by atoms with Crippen molar-refractivity contribution < 1.29 is 9.53 Å². The van der Waals surface area contributed by atoms with Gasteiger partial charge in [-0.25, -0.2) is 4.98 Å². The van der Waals surface area contributed by atoms with Crippen molar-refractivity contribution in [3.63, 3.8) is 0 Å². The smallest absolute Gasteiger partial charge is 0.266 e. The molecule has 142 valence electrons. The molecule has 0 aliphatic carbocycles. The van der Waals surface area contributed by atoms with Gasteiger partial charge in [0, 0.05) is 12.6 Å². The van der Waals surface area contributed by atoms with Gasteiger partial charge in [0.2, 0.25) is 5.91 Å². The summed E-state index contributed by atoms with van der Waals surface area (Å²) in [7, 11) is 1.56. The number of para-hydroxylation sites is 1. The van der Waals surface area contributed by atoms with Gasteiger partial charge in [0.25, 0.3) is 5.56 Å². The highest BCUT2D eigenvalue weighted by Crippen LogP contribution is 2.23. The van der Waals surface area contributed by atoms with Crippen LogP contribution in [0.15, 0.2) is 58.5 Å². The maximum absolute atomic E-state index is 13.1. The zero-order chi connectivity index (χ0) is 19.9. The van der Waals surface area contributed by atoms with Crippen LogP contribution in [0.4, 0.5) is 0 Å². The number of amides is 1. The van der Waals surface area contributed by atoms with Crippen molar-refractivity contribution in [3.05, 3.63) is 58.9 Å². The molecular formula is C20H18N4O3S. The molecule has 0 atom stereocenters. The lowest BCUT2D eigenvalue weighted by Gasteiger charge is -2.14. The first-order chi connectivity index (χ1) is 13.6. The van der Waals surface area contributed by atoms with Crippen LogP contribution >= 0.6 is 11.8 Å². The van der Waals surface area contributed by atoms with Gasteiger partial charge in [-0.2, -0.15) is 5.26 Å². The van der Waals surface area contributed by atoms with Crippen LogP contribution in [-0.2, 0) is 4.79 Å². The van der Waals surface area contributed by atoms with Gasteiger partial charge in [-0.3, -0.25) is 14.2 Å². The summed E-state index contributed by atoms with van der Waals surface area (Å²) in [6.07, 6.45) is 0.249. The molecule has 0 saturated carbocycles. The predicted octanol–water partition coefficient (Wildman–Crippen LogP) is 2.52. The van der Waals surface area contributed by atoms with Crippen LogP contribution in [0.2, 0.25) is 0 Å². The van der Waals surface area contributed by atoms with Crippen LogP contribution in [0.5, 0.6) is 5.75 Å². The van der Waals surface area contributed by atoms with Crippen LogP contribution in [0.3, 0.4) is 0 Å². The highest BCUT2D eigenvalue weighted by atomic mass is 32.2. The number of nitriles is 1. The van der Waals surface area contributed by atoms with E-state index in [-0.39, 0.29) is 23.6 Å². The Morgan fingerprint density at radius 1 is 1.29 bits per heavy atom. The minimum atomic E-state index is -0.222. The minimum Gasteiger partial charge on any atom is -0.497 e. The first kappa shape index (κ1) is 19.5. The lowest BCUT2D eigenvalue weighted by atomic mass is 10.2. The van der Waals surface area contributed by atoms with E-state index >= 15 is 0 Å². The highest BCUT2D eigenvalue weighted by molar-refractivity contribution is 7.99. The number of carbonyl (C=O) groups excluding carboxylic acids is 1. The van der Waals surface area contributed by atoms with Crippen molar-refractivity contribution in [2.45, 2.75) is 11.6 Å². The Bertz CT molecular complexity index is 1100. The number of hydrogen-bond acceptors (Lipinski definition) is 6. The first-order valence-corrected chi connectivity index (χ1v) is 9.55. The summed E-state index contributed by atoms with van der Waals surface area (Å²) in [6.45, 7) is 0.295. The zero-order valence-electron chi connectivity index (χ0n) is 15.2. The van der Waals surface area contributed by atoms with Crippen molar-refractivity contribution in [2.75, 3.05) is 19.4 Å². The molecule has 0 fully saturated rings. The summed E-state index contributed by atoms with van der Waals surface area (Å²) in [5, 5.41) is 12.1. The van der Waals surface area contributed by atoms with Gasteiger partial charge in [0.1, 0.15) is 5.75 Å². The van der Waals surface area contributed by atoms with E-state index in [1.807, 2.05) is 12.1 Å². The standard InChI is InChI=1S/C20H18N4O3S/c1-27-15-7-4-6-14(12-15)24-19(26)16-8-2-3-9-17(16)23-20(24)28-13-18(25)22-11-5-10-21/h2-4,6-9,12H,5,11,13H2,1H3,(H,22,25). The molecule has 1 aromatic heterocycles. The van der Waals surface area contributed by atoms with Crippen molar-refractivity contribution in [1.82, 2.24) is 14.9 Å². The highest BCUT2D eigenvalue weighted by Gasteiger charge is 2.15. The van der Waals surface area contributed by atoms with Gasteiger partial charge in [0.15, 0.2) is 5.16 Å². The second kappa shape index (κ2) is 9.06. The number of nitrogens with one attached hydrogen (secondary N) is 1. The monoisotopic (exact) mass is 394 g/mol. The Morgan fingerprint density at radius 3 is 2.89 bits per heavy atom. The number of nitrogens with zero attached hydrogens (tertiary/aromatic N) is 3. The fraction of sp³-hybridized carbons (Fsp3) is 0.200. The molecule has 7 nitrogen and oxygen atoms in total. The summed E-state index contributed by atoms with van der Waals surface area (Å²) < 4.78 is 6.75. The largest absolute Gasteiger partial charge is 0.497 e. The van der Waals surface area contributed by atoms with E-state index in [0.717, 1.165) is 0 Å². The molecular weight excluding hydrogens is 376 g/mol. The quantitative estimate of drug-likeness (QED) is 0.376. The number of rotatable bonds is 7. The topological polar surface area (TPSA) is 97.0 Å². The molecule has 1 heterocycles. The molecule has 0 unspecified atom stereocenters. The number of ether oxygens (including phenoxy) is 1. The molecule has 0 spiro atoms. The Morgan fingerprint density at radius 2 is 2.11 bits per heavy atom. The van der Waals surface area contributed by atoms with E-state index in [9.17, 15) is 9.59 Å². The van der Waals surface area contributed by atoms with Crippen molar-refractivity contribution in [2.24, 2.45) is 0 Å². The van der Waals surface area contributed by atoms with E-state index in [2.05, 4.69) is 10.3 Å². The number of benzene rings is 2. The number of carbonyl (C=O) groups is 1. The molecule has 0 saturated heterocycles. The molecule has 1 amide bonds. The third-order valence-corrected chi connectivity index (χ3v) is 4.89. The number of methoxy groups -OCH3 is 1. The lowest BCUT2D eigenvalue weighted by Crippen LogP contribution is -2.27. The minimum absolute atomic E-state index is 0.0835. The van der Waals surface area contributed by atoms with Gasteiger partial charge in [-0.15, -0.1) is 0 Å². The molecule has 28 heavy (non-hydrogen) atoms. The second-order valence-electron chi connectivity index (χ2n) is 5.80. The number of thioether (sulfide) groups is 1. The number of hydrogen-bond donors (Lipinski definition) is 1. The van der Waals surface area contributed by atoms with E-state index in [0.29, 0.717) is 34.0 Å². The van der Waals surface area contributed by atoms with Gasteiger partial charge >= 0.3 is 0 Å². The summed E-state index contributed by atoms with van der Waals surface area (Å²) >= 11 is 1.17. The second-order valence-corrected chi connectivity index (χ2v) is 6.74. The average molecular weight is 394 g/mol. The lowest BCUT2D eigenvalue weighted by molar-refractivity contribution is -0.118. The van der Waals surface area contributed by atoms with Crippen molar-refractivity contribution in [1.29, 1.82) is 5.26 Å². The van der Waals surface area contributed by atoms with E-state index in [1.54, 1.807) is 49.6 Å². The number of aromatic nitrogens is 2. The normalized spacial score (nSPS) is 10.4. The third kappa shape index (κ3) is 4.32. The third-order valence-electron chi connectivity index (χ3n) is 3.95. The zero-order valence-corrected chi connectivity index (χ0v) is 16.0. The summed E-state index contributed by atoms with van der Waals surface area (Å²) in [5.74, 6) is 0.475. The van der Waals surface area contributed by atoms with Crippen molar-refractivity contribution >= 4 is 28.6 Å². The SMILES string of the molecule is COc1cccc(-n2c(SCC(=O)NCCC#N)nc3ccccc3c2=O)c1. The average Bonchev–Trinajstić information content (AvgIpc) is 2.72. The summed E-state index contributed by atoms with van der Waals surface area (Å²) in [6, 6.07) is 16.2. The first-order valence-electron chi connectivity index (χ1n) is 8.56. The fourth-order valence-electron chi connectivity index (χ4n) is 2.63. The Hall–Kier alpha value is -3.31. The Kier molecular flexibility index (Phi) is 6.29.